The second kappa shape index (κ2) is 5.00. The number of rotatable bonds is 3. The van der Waals surface area contributed by atoms with Gasteiger partial charge in [0.1, 0.15) is 0 Å². The van der Waals surface area contributed by atoms with Gasteiger partial charge in [-0.25, -0.2) is 8.42 Å². The summed E-state index contributed by atoms with van der Waals surface area (Å²) in [5.41, 5.74) is -5.13. The third-order valence-electron chi connectivity index (χ3n) is 4.10. The van der Waals surface area contributed by atoms with Crippen molar-refractivity contribution in [2.75, 3.05) is 13.1 Å². The highest BCUT2D eigenvalue weighted by molar-refractivity contribution is 7.90. The van der Waals surface area contributed by atoms with E-state index in [1.54, 1.807) is 0 Å². The standard InChI is InChI=1S/C11H20F3NO2S/c1-4-10(2,3)9-5-7-15(8-6-9)18(16,17)11(12,13)14/h9H,4-8H2,1-3H3. The lowest BCUT2D eigenvalue weighted by Gasteiger charge is -2.39. The molecule has 0 spiro atoms. The topological polar surface area (TPSA) is 37.4 Å². The first-order chi connectivity index (χ1) is 8.02. The predicted molar refractivity (Wildman–Crippen MR) is 63.3 cm³/mol. The first kappa shape index (κ1) is 15.8. The van der Waals surface area contributed by atoms with Gasteiger partial charge in [0.25, 0.3) is 0 Å². The van der Waals surface area contributed by atoms with Crippen molar-refractivity contribution in [1.29, 1.82) is 0 Å². The van der Waals surface area contributed by atoms with Crippen LogP contribution in [0.5, 0.6) is 0 Å². The average molecular weight is 287 g/mol. The number of nitrogens with zero attached hydrogens (tertiary/aromatic N) is 1. The number of piperidine rings is 1. The van der Waals surface area contributed by atoms with Crippen molar-refractivity contribution >= 4 is 10.0 Å². The Hall–Kier alpha value is -0.300. The van der Waals surface area contributed by atoms with Gasteiger partial charge in [0.05, 0.1) is 0 Å². The van der Waals surface area contributed by atoms with Crippen molar-refractivity contribution in [3.05, 3.63) is 0 Å². The van der Waals surface area contributed by atoms with Crippen molar-refractivity contribution in [3.63, 3.8) is 0 Å². The third-order valence-corrected chi connectivity index (χ3v) is 5.73. The molecule has 7 heteroatoms. The lowest BCUT2D eigenvalue weighted by Crippen LogP contribution is -2.46. The van der Waals surface area contributed by atoms with E-state index in [4.69, 9.17) is 0 Å². The van der Waals surface area contributed by atoms with Crippen LogP contribution in [0.2, 0.25) is 0 Å². The van der Waals surface area contributed by atoms with Crippen LogP contribution in [-0.2, 0) is 10.0 Å². The molecule has 18 heavy (non-hydrogen) atoms. The van der Waals surface area contributed by atoms with Gasteiger partial charge < -0.3 is 0 Å². The summed E-state index contributed by atoms with van der Waals surface area (Å²) >= 11 is 0. The number of sulfonamides is 1. The third kappa shape index (κ3) is 2.99. The highest BCUT2D eigenvalue weighted by Gasteiger charge is 2.50. The number of halogens is 3. The van der Waals surface area contributed by atoms with E-state index in [9.17, 15) is 21.6 Å². The van der Waals surface area contributed by atoms with Gasteiger partial charge >= 0.3 is 15.5 Å². The Balaban J connectivity index is 2.71. The summed E-state index contributed by atoms with van der Waals surface area (Å²) < 4.78 is 60.2. The van der Waals surface area contributed by atoms with Crippen LogP contribution < -0.4 is 0 Å². The average Bonchev–Trinajstić information content (AvgIpc) is 2.27. The molecule has 0 unspecified atom stereocenters. The molecule has 0 aromatic carbocycles. The van der Waals surface area contributed by atoms with Crippen LogP contribution in [0.25, 0.3) is 0 Å². The van der Waals surface area contributed by atoms with Crippen LogP contribution in [0.15, 0.2) is 0 Å². The second-order valence-electron chi connectivity index (χ2n) is 5.47. The summed E-state index contributed by atoms with van der Waals surface area (Å²) in [4.78, 5) is 0. The zero-order valence-electron chi connectivity index (χ0n) is 10.9. The van der Waals surface area contributed by atoms with Crippen molar-refractivity contribution in [1.82, 2.24) is 4.31 Å². The Morgan fingerprint density at radius 1 is 1.17 bits per heavy atom. The summed E-state index contributed by atoms with van der Waals surface area (Å²) in [6.45, 7) is 6.13. The molecule has 0 saturated carbocycles. The van der Waals surface area contributed by atoms with Crippen molar-refractivity contribution in [3.8, 4) is 0 Å². The molecule has 108 valence electrons. The van der Waals surface area contributed by atoms with E-state index in [1.165, 1.54) is 0 Å². The number of hydrogen-bond donors (Lipinski definition) is 0. The van der Waals surface area contributed by atoms with Gasteiger partial charge in [0, 0.05) is 13.1 Å². The smallest absolute Gasteiger partial charge is 0.203 e. The van der Waals surface area contributed by atoms with Crippen molar-refractivity contribution < 1.29 is 21.6 Å². The molecule has 0 atom stereocenters. The fraction of sp³-hybridized carbons (Fsp3) is 1.00. The van der Waals surface area contributed by atoms with Gasteiger partial charge in [-0.2, -0.15) is 17.5 Å². The van der Waals surface area contributed by atoms with Crippen LogP contribution in [0, 0.1) is 11.3 Å². The van der Waals surface area contributed by atoms with Gasteiger partial charge in [-0.05, 0) is 24.2 Å². The molecule has 0 aliphatic carbocycles. The molecule has 1 fully saturated rings. The van der Waals surface area contributed by atoms with E-state index < -0.39 is 15.5 Å². The van der Waals surface area contributed by atoms with Crippen LogP contribution >= 0.6 is 0 Å². The molecule has 0 radical (unpaired) electrons. The van der Waals surface area contributed by atoms with Crippen molar-refractivity contribution in [2.24, 2.45) is 11.3 Å². The molecule has 0 bridgehead atoms. The first-order valence-electron chi connectivity index (χ1n) is 6.09. The van der Waals surface area contributed by atoms with Gasteiger partial charge in [-0.3, -0.25) is 0 Å². The Morgan fingerprint density at radius 3 is 1.94 bits per heavy atom. The van der Waals surface area contributed by atoms with E-state index in [0.717, 1.165) is 6.42 Å². The van der Waals surface area contributed by atoms with Crippen LogP contribution in [0.1, 0.15) is 40.0 Å². The molecule has 1 saturated heterocycles. The highest BCUT2D eigenvalue weighted by atomic mass is 32.2. The molecule has 0 aromatic rings. The summed E-state index contributed by atoms with van der Waals surface area (Å²) in [6, 6.07) is 0. The van der Waals surface area contributed by atoms with Gasteiger partial charge in [0.2, 0.25) is 0 Å². The lowest BCUT2D eigenvalue weighted by molar-refractivity contribution is -0.0501. The van der Waals surface area contributed by atoms with Crippen LogP contribution in [0.4, 0.5) is 13.2 Å². The molecule has 1 aliphatic rings. The Kier molecular flexibility index (Phi) is 4.37. The quantitative estimate of drug-likeness (QED) is 0.800. The first-order valence-corrected chi connectivity index (χ1v) is 7.53. The van der Waals surface area contributed by atoms with E-state index in [0.29, 0.717) is 17.1 Å². The molecule has 1 aliphatic heterocycles. The fourth-order valence-corrected chi connectivity index (χ4v) is 3.30. The van der Waals surface area contributed by atoms with Crippen molar-refractivity contribution in [2.45, 2.75) is 45.5 Å². The molecule has 3 nitrogen and oxygen atoms in total. The second-order valence-corrected chi connectivity index (χ2v) is 7.40. The molecule has 1 heterocycles. The summed E-state index contributed by atoms with van der Waals surface area (Å²) in [5, 5.41) is 0. The Bertz CT molecular complexity index is 382. The Morgan fingerprint density at radius 2 is 1.61 bits per heavy atom. The number of hydrogen-bond acceptors (Lipinski definition) is 2. The minimum atomic E-state index is -5.18. The lowest BCUT2D eigenvalue weighted by atomic mass is 9.72. The minimum absolute atomic E-state index is 0.0318. The normalized spacial score (nSPS) is 21.2. The maximum atomic E-state index is 12.4. The maximum Gasteiger partial charge on any atom is 0.511 e. The Labute approximate surface area is 106 Å². The zero-order chi connectivity index (χ0) is 14.2. The van der Waals surface area contributed by atoms with Crippen LogP contribution in [0.3, 0.4) is 0 Å². The van der Waals surface area contributed by atoms with Gasteiger partial charge in [-0.15, -0.1) is 0 Å². The molecular formula is C11H20F3NO2S. The van der Waals surface area contributed by atoms with Gasteiger partial charge in [-0.1, -0.05) is 27.2 Å². The van der Waals surface area contributed by atoms with E-state index in [-0.39, 0.29) is 24.4 Å². The fourth-order valence-electron chi connectivity index (χ4n) is 2.31. The molecule has 0 aromatic heterocycles. The summed E-state index contributed by atoms with van der Waals surface area (Å²) in [5.74, 6) is 0.280. The molecular weight excluding hydrogens is 267 g/mol. The highest BCUT2D eigenvalue weighted by Crippen LogP contribution is 2.39. The SMILES string of the molecule is CCC(C)(C)C1CCN(S(=O)(=O)C(F)(F)F)CC1. The van der Waals surface area contributed by atoms with Crippen LogP contribution in [-0.4, -0.2) is 31.3 Å². The maximum absolute atomic E-state index is 12.4. The predicted octanol–water partition coefficient (Wildman–Crippen LogP) is 2.98. The van der Waals surface area contributed by atoms with E-state index in [2.05, 4.69) is 13.8 Å². The van der Waals surface area contributed by atoms with E-state index >= 15 is 0 Å². The summed E-state index contributed by atoms with van der Waals surface area (Å²) in [7, 11) is -5.14. The molecule has 1 rings (SSSR count). The monoisotopic (exact) mass is 287 g/mol. The van der Waals surface area contributed by atoms with E-state index in [1.807, 2.05) is 6.92 Å². The number of alkyl halides is 3. The van der Waals surface area contributed by atoms with Gasteiger partial charge in [0.15, 0.2) is 0 Å². The minimum Gasteiger partial charge on any atom is -0.203 e. The molecule has 0 N–H and O–H groups in total. The molecule has 0 amide bonds. The zero-order valence-corrected chi connectivity index (χ0v) is 11.7. The summed E-state index contributed by atoms with van der Waals surface area (Å²) in [6.07, 6.45) is 1.93. The largest absolute Gasteiger partial charge is 0.511 e.